The highest BCUT2D eigenvalue weighted by atomic mass is 16.2. The normalized spacial score (nSPS) is 11.2. The molecule has 1 N–H and O–H groups in total. The van der Waals surface area contributed by atoms with E-state index in [-0.39, 0.29) is 5.91 Å². The van der Waals surface area contributed by atoms with E-state index in [1.54, 1.807) is 6.21 Å². The number of hydrazone groups is 1. The topological polar surface area (TPSA) is 64.2 Å². The molecular weight excluding hydrogens is 398 g/mol. The lowest BCUT2D eigenvalue weighted by atomic mass is 10.2. The van der Waals surface area contributed by atoms with Crippen molar-refractivity contribution in [2.24, 2.45) is 5.10 Å². The van der Waals surface area contributed by atoms with Crippen LogP contribution in [0.2, 0.25) is 0 Å². The molecule has 4 rings (SSSR count). The molecule has 6 nitrogen and oxygen atoms in total. The van der Waals surface area contributed by atoms with Crippen molar-refractivity contribution in [2.45, 2.75) is 34.2 Å². The van der Waals surface area contributed by atoms with Crippen molar-refractivity contribution in [3.05, 3.63) is 106 Å². The summed E-state index contributed by atoms with van der Waals surface area (Å²) in [5, 5.41) is 8.86. The van der Waals surface area contributed by atoms with Crippen LogP contribution in [0.4, 0.5) is 0 Å². The minimum absolute atomic E-state index is 0.233. The van der Waals surface area contributed by atoms with E-state index < -0.39 is 0 Å². The summed E-state index contributed by atoms with van der Waals surface area (Å²) in [6, 6.07) is 22.1. The number of nitrogens with zero attached hydrogens (tertiary/aromatic N) is 4. The standard InChI is InChI=1S/C26H27N5O/c1-18-15-24(21(4)31(18)23-13-9-6-10-14-23)26(32)28-27-16-25-19(2)29-30(20(25)3)17-22-11-7-5-8-12-22/h5-16H,17H2,1-4H3,(H,28,32)/b27-16-. The molecule has 2 heterocycles. The van der Waals surface area contributed by atoms with E-state index in [1.165, 1.54) is 5.56 Å². The van der Waals surface area contributed by atoms with Crippen LogP contribution in [-0.2, 0) is 6.54 Å². The van der Waals surface area contributed by atoms with Crippen molar-refractivity contribution in [2.75, 3.05) is 0 Å². The smallest absolute Gasteiger partial charge is 0.273 e. The van der Waals surface area contributed by atoms with Gasteiger partial charge in [0.1, 0.15) is 0 Å². The molecular formula is C26H27N5O. The van der Waals surface area contributed by atoms with E-state index in [9.17, 15) is 4.79 Å². The lowest BCUT2D eigenvalue weighted by molar-refractivity contribution is 0.0954. The highest BCUT2D eigenvalue weighted by Gasteiger charge is 2.16. The van der Waals surface area contributed by atoms with Gasteiger partial charge < -0.3 is 4.57 Å². The molecule has 0 saturated carbocycles. The maximum Gasteiger partial charge on any atom is 0.273 e. The predicted molar refractivity (Wildman–Crippen MR) is 128 cm³/mol. The Hall–Kier alpha value is -3.93. The summed E-state index contributed by atoms with van der Waals surface area (Å²) < 4.78 is 4.03. The average Bonchev–Trinajstić information content (AvgIpc) is 3.24. The molecule has 0 radical (unpaired) electrons. The number of carbonyl (C=O) groups is 1. The van der Waals surface area contributed by atoms with E-state index in [1.807, 2.05) is 87.0 Å². The summed E-state index contributed by atoms with van der Waals surface area (Å²) in [6.07, 6.45) is 1.67. The molecule has 6 heteroatoms. The summed E-state index contributed by atoms with van der Waals surface area (Å²) in [4.78, 5) is 12.8. The molecule has 0 unspecified atom stereocenters. The lowest BCUT2D eigenvalue weighted by Crippen LogP contribution is -2.18. The molecule has 1 amide bonds. The van der Waals surface area contributed by atoms with Crippen molar-refractivity contribution in [1.29, 1.82) is 0 Å². The molecule has 2 aromatic heterocycles. The van der Waals surface area contributed by atoms with Crippen molar-refractivity contribution in [3.63, 3.8) is 0 Å². The minimum atomic E-state index is -0.233. The third kappa shape index (κ3) is 4.25. The molecule has 162 valence electrons. The first-order valence-corrected chi connectivity index (χ1v) is 10.6. The molecule has 2 aromatic carbocycles. The number of para-hydroxylation sites is 1. The van der Waals surface area contributed by atoms with E-state index in [2.05, 4.69) is 32.3 Å². The summed E-state index contributed by atoms with van der Waals surface area (Å²) in [5.41, 5.74) is 10.2. The quantitative estimate of drug-likeness (QED) is 0.359. The van der Waals surface area contributed by atoms with Gasteiger partial charge in [-0.1, -0.05) is 48.5 Å². The zero-order valence-corrected chi connectivity index (χ0v) is 18.8. The number of rotatable bonds is 6. The van der Waals surface area contributed by atoms with Crippen LogP contribution in [0.3, 0.4) is 0 Å². The lowest BCUT2D eigenvalue weighted by Gasteiger charge is -2.09. The molecule has 0 aliphatic rings. The Kier molecular flexibility index (Phi) is 6.03. The number of benzene rings is 2. The molecule has 0 fully saturated rings. The molecule has 0 atom stereocenters. The van der Waals surface area contributed by atoms with E-state index >= 15 is 0 Å². The Labute approximate surface area is 188 Å². The van der Waals surface area contributed by atoms with Gasteiger partial charge in [-0.2, -0.15) is 10.2 Å². The number of hydrogen-bond acceptors (Lipinski definition) is 3. The van der Waals surface area contributed by atoms with Crippen LogP contribution in [0.1, 0.15) is 44.3 Å². The average molecular weight is 426 g/mol. The summed E-state index contributed by atoms with van der Waals surface area (Å²) >= 11 is 0. The fourth-order valence-corrected chi connectivity index (χ4v) is 3.99. The van der Waals surface area contributed by atoms with Crippen molar-refractivity contribution in [1.82, 2.24) is 19.8 Å². The van der Waals surface area contributed by atoms with Gasteiger partial charge in [-0.3, -0.25) is 9.48 Å². The number of hydrogen-bond donors (Lipinski definition) is 1. The molecule has 0 aliphatic heterocycles. The van der Waals surface area contributed by atoms with E-state index in [4.69, 9.17) is 0 Å². The molecule has 32 heavy (non-hydrogen) atoms. The van der Waals surface area contributed by atoms with Crippen LogP contribution < -0.4 is 5.43 Å². The number of carbonyl (C=O) groups excluding carboxylic acids is 1. The maximum absolute atomic E-state index is 12.8. The number of amides is 1. The second-order valence-electron chi connectivity index (χ2n) is 7.88. The summed E-state index contributed by atoms with van der Waals surface area (Å²) in [6.45, 7) is 8.60. The fraction of sp³-hybridized carbons (Fsp3) is 0.192. The highest BCUT2D eigenvalue weighted by Crippen LogP contribution is 2.20. The zero-order chi connectivity index (χ0) is 22.7. The first-order valence-electron chi connectivity index (χ1n) is 10.6. The van der Waals surface area contributed by atoms with Crippen LogP contribution >= 0.6 is 0 Å². The summed E-state index contributed by atoms with van der Waals surface area (Å²) in [7, 11) is 0. The van der Waals surface area contributed by atoms with Crippen molar-refractivity contribution in [3.8, 4) is 5.69 Å². The van der Waals surface area contributed by atoms with Crippen molar-refractivity contribution < 1.29 is 4.79 Å². The van der Waals surface area contributed by atoms with Crippen LogP contribution in [0.15, 0.2) is 71.8 Å². The van der Waals surface area contributed by atoms with Gasteiger partial charge in [-0.15, -0.1) is 0 Å². The Morgan fingerprint density at radius 3 is 2.31 bits per heavy atom. The molecule has 0 spiro atoms. The second kappa shape index (κ2) is 9.06. The number of nitrogens with one attached hydrogen (secondary N) is 1. The Morgan fingerprint density at radius 1 is 0.969 bits per heavy atom. The van der Waals surface area contributed by atoms with Crippen LogP contribution in [-0.4, -0.2) is 26.5 Å². The third-order valence-corrected chi connectivity index (χ3v) is 5.66. The summed E-state index contributed by atoms with van der Waals surface area (Å²) in [5.74, 6) is -0.233. The monoisotopic (exact) mass is 425 g/mol. The van der Waals surface area contributed by atoms with Gasteiger partial charge in [0, 0.05) is 28.3 Å². The number of aryl methyl sites for hydroxylation is 2. The minimum Gasteiger partial charge on any atom is -0.318 e. The van der Waals surface area contributed by atoms with Crippen LogP contribution in [0.25, 0.3) is 5.69 Å². The van der Waals surface area contributed by atoms with Gasteiger partial charge in [0.15, 0.2) is 0 Å². The van der Waals surface area contributed by atoms with E-state index in [0.29, 0.717) is 12.1 Å². The van der Waals surface area contributed by atoms with Gasteiger partial charge in [0.25, 0.3) is 5.91 Å². The van der Waals surface area contributed by atoms with Gasteiger partial charge in [0.05, 0.1) is 24.0 Å². The molecule has 4 aromatic rings. The second-order valence-corrected chi connectivity index (χ2v) is 7.88. The van der Waals surface area contributed by atoms with Gasteiger partial charge >= 0.3 is 0 Å². The van der Waals surface area contributed by atoms with Crippen LogP contribution in [0.5, 0.6) is 0 Å². The maximum atomic E-state index is 12.8. The highest BCUT2D eigenvalue weighted by molar-refractivity contribution is 5.96. The van der Waals surface area contributed by atoms with Crippen molar-refractivity contribution >= 4 is 12.1 Å². The Morgan fingerprint density at radius 2 is 1.62 bits per heavy atom. The fourth-order valence-electron chi connectivity index (χ4n) is 3.99. The largest absolute Gasteiger partial charge is 0.318 e. The predicted octanol–water partition coefficient (Wildman–Crippen LogP) is 4.72. The first-order chi connectivity index (χ1) is 15.5. The molecule has 0 bridgehead atoms. The van der Waals surface area contributed by atoms with Crippen LogP contribution in [0, 0.1) is 27.7 Å². The van der Waals surface area contributed by atoms with Gasteiger partial charge in [-0.05, 0) is 51.5 Å². The third-order valence-electron chi connectivity index (χ3n) is 5.66. The van der Waals surface area contributed by atoms with Gasteiger partial charge in [0.2, 0.25) is 0 Å². The van der Waals surface area contributed by atoms with E-state index in [0.717, 1.165) is 34.0 Å². The zero-order valence-electron chi connectivity index (χ0n) is 18.8. The number of aromatic nitrogens is 3. The Balaban J connectivity index is 1.50. The Bertz CT molecular complexity index is 1270. The first kappa shape index (κ1) is 21.3. The molecule has 0 aliphatic carbocycles. The van der Waals surface area contributed by atoms with Gasteiger partial charge in [-0.25, -0.2) is 5.43 Å². The SMILES string of the molecule is Cc1nn(Cc2ccccc2)c(C)c1/C=N\NC(=O)c1cc(C)n(-c2ccccc2)c1C. The molecule has 0 saturated heterocycles.